The van der Waals surface area contributed by atoms with Crippen LogP contribution in [0.5, 0.6) is 0 Å². The molecule has 0 aliphatic heterocycles. The second kappa shape index (κ2) is 7.04. The number of hydrogen-bond donors (Lipinski definition) is 1. The van der Waals surface area contributed by atoms with Crippen LogP contribution in [0.3, 0.4) is 0 Å². The molecule has 2 aromatic rings. The Kier molecular flexibility index (Phi) is 5.11. The first-order chi connectivity index (χ1) is 10.5. The largest absolute Gasteiger partial charge is 0.433 e. The number of rotatable bonds is 5. The van der Waals surface area contributed by atoms with Crippen molar-refractivity contribution >= 4 is 33.8 Å². The smallest absolute Gasteiger partial charge is 0.401 e. The van der Waals surface area contributed by atoms with Gasteiger partial charge in [-0.25, -0.2) is 0 Å². The van der Waals surface area contributed by atoms with Crippen molar-refractivity contribution in [3.8, 4) is 0 Å². The third-order valence-electron chi connectivity index (χ3n) is 2.92. The van der Waals surface area contributed by atoms with E-state index in [9.17, 15) is 14.9 Å². The maximum absolute atomic E-state index is 11.9. The van der Waals surface area contributed by atoms with Gasteiger partial charge in [-0.2, -0.15) is 0 Å². The molecule has 0 saturated carbocycles. The van der Waals surface area contributed by atoms with Gasteiger partial charge in [-0.05, 0) is 30.7 Å². The monoisotopic (exact) mass is 364 g/mol. The van der Waals surface area contributed by atoms with E-state index in [0.717, 1.165) is 10.0 Å². The number of amides is 1. The summed E-state index contributed by atoms with van der Waals surface area (Å²) >= 11 is 3.43. The lowest BCUT2D eigenvalue weighted by atomic mass is 10.1. The lowest BCUT2D eigenvalue weighted by molar-refractivity contribution is -0.402. The second-order valence-electron chi connectivity index (χ2n) is 4.52. The van der Waals surface area contributed by atoms with Crippen LogP contribution in [0.2, 0.25) is 0 Å². The minimum Gasteiger partial charge on any atom is -0.401 e. The first kappa shape index (κ1) is 16.0. The molecule has 0 radical (unpaired) electrons. The Hall–Kier alpha value is -2.41. The van der Waals surface area contributed by atoms with Crippen LogP contribution in [0.1, 0.15) is 24.3 Å². The number of halogens is 1. The number of furan rings is 1. The van der Waals surface area contributed by atoms with Crippen molar-refractivity contribution in [3.63, 3.8) is 0 Å². The Bertz CT molecular complexity index is 724. The normalized spacial score (nSPS) is 12.3. The number of nitrogens with zero attached hydrogens (tertiary/aromatic N) is 1. The van der Waals surface area contributed by atoms with Crippen LogP contribution in [-0.4, -0.2) is 10.8 Å². The van der Waals surface area contributed by atoms with E-state index in [0.29, 0.717) is 0 Å². The fourth-order valence-corrected chi connectivity index (χ4v) is 2.48. The topological polar surface area (TPSA) is 85.4 Å². The van der Waals surface area contributed by atoms with Crippen LogP contribution >= 0.6 is 15.9 Å². The molecule has 22 heavy (non-hydrogen) atoms. The molecule has 1 N–H and O–H groups in total. The fraction of sp³-hybridized carbons (Fsp3) is 0.133. The Morgan fingerprint density at radius 1 is 1.36 bits per heavy atom. The summed E-state index contributed by atoms with van der Waals surface area (Å²) in [7, 11) is 0. The van der Waals surface area contributed by atoms with Crippen LogP contribution in [0.15, 0.2) is 51.4 Å². The third-order valence-corrected chi connectivity index (χ3v) is 3.64. The van der Waals surface area contributed by atoms with Gasteiger partial charge in [0.05, 0.1) is 12.1 Å². The lowest BCUT2D eigenvalue weighted by Crippen LogP contribution is -2.24. The van der Waals surface area contributed by atoms with E-state index in [1.165, 1.54) is 24.3 Å². The molecule has 1 heterocycles. The van der Waals surface area contributed by atoms with Crippen molar-refractivity contribution in [2.75, 3.05) is 0 Å². The number of carbonyl (C=O) groups is 1. The predicted molar refractivity (Wildman–Crippen MR) is 85.1 cm³/mol. The summed E-state index contributed by atoms with van der Waals surface area (Å²) in [5, 5.41) is 13.3. The van der Waals surface area contributed by atoms with Crippen molar-refractivity contribution in [3.05, 3.63) is 68.4 Å². The Labute approximate surface area is 135 Å². The van der Waals surface area contributed by atoms with E-state index in [-0.39, 0.29) is 23.6 Å². The zero-order valence-corrected chi connectivity index (χ0v) is 13.2. The van der Waals surface area contributed by atoms with Gasteiger partial charge >= 0.3 is 5.88 Å². The molecule has 0 saturated heterocycles. The Morgan fingerprint density at radius 3 is 2.73 bits per heavy atom. The summed E-state index contributed by atoms with van der Waals surface area (Å²) in [5.74, 6) is -0.431. The van der Waals surface area contributed by atoms with E-state index in [2.05, 4.69) is 21.2 Å². The van der Waals surface area contributed by atoms with Crippen LogP contribution < -0.4 is 5.32 Å². The molecule has 2 rings (SSSR count). The van der Waals surface area contributed by atoms with Crippen molar-refractivity contribution in [1.82, 2.24) is 5.32 Å². The zero-order chi connectivity index (χ0) is 16.1. The SMILES string of the molecule is C[C@@H](NC(=O)/C=C/c1ccc([N+](=O)[O-])o1)c1ccccc1Br. The summed E-state index contributed by atoms with van der Waals surface area (Å²) < 4.78 is 5.84. The highest BCUT2D eigenvalue weighted by Crippen LogP contribution is 2.22. The summed E-state index contributed by atoms with van der Waals surface area (Å²) in [4.78, 5) is 21.7. The van der Waals surface area contributed by atoms with Crippen molar-refractivity contribution in [2.24, 2.45) is 0 Å². The molecule has 0 aliphatic carbocycles. The minimum atomic E-state index is -0.633. The van der Waals surface area contributed by atoms with E-state index in [4.69, 9.17) is 4.42 Å². The molecule has 0 aliphatic rings. The molecule has 0 unspecified atom stereocenters. The zero-order valence-electron chi connectivity index (χ0n) is 11.7. The Morgan fingerprint density at radius 2 is 2.09 bits per heavy atom. The molecule has 1 amide bonds. The van der Waals surface area contributed by atoms with Gasteiger partial charge in [-0.15, -0.1) is 0 Å². The molecule has 6 nitrogen and oxygen atoms in total. The molecule has 0 bridgehead atoms. The molecule has 1 aromatic heterocycles. The number of carbonyl (C=O) groups excluding carboxylic acids is 1. The molecule has 1 atom stereocenters. The highest BCUT2D eigenvalue weighted by atomic mass is 79.9. The quantitative estimate of drug-likeness (QED) is 0.496. The van der Waals surface area contributed by atoms with E-state index >= 15 is 0 Å². The van der Waals surface area contributed by atoms with Gasteiger partial charge in [0.1, 0.15) is 10.7 Å². The van der Waals surface area contributed by atoms with Gasteiger partial charge in [0, 0.05) is 10.5 Å². The molecule has 7 heteroatoms. The fourth-order valence-electron chi connectivity index (χ4n) is 1.85. The van der Waals surface area contributed by atoms with Gasteiger partial charge < -0.3 is 9.73 Å². The molecular weight excluding hydrogens is 352 g/mol. The molecule has 0 fully saturated rings. The lowest BCUT2D eigenvalue weighted by Gasteiger charge is -2.14. The third kappa shape index (κ3) is 4.05. The summed E-state index contributed by atoms with van der Waals surface area (Å²) in [6.07, 6.45) is 2.66. The van der Waals surface area contributed by atoms with Gasteiger partial charge in [-0.1, -0.05) is 34.1 Å². The Balaban J connectivity index is 1.98. The van der Waals surface area contributed by atoms with Crippen molar-refractivity contribution in [1.29, 1.82) is 0 Å². The van der Waals surface area contributed by atoms with Crippen molar-refractivity contribution in [2.45, 2.75) is 13.0 Å². The highest BCUT2D eigenvalue weighted by molar-refractivity contribution is 9.10. The van der Waals surface area contributed by atoms with Gasteiger partial charge in [0.15, 0.2) is 0 Å². The van der Waals surface area contributed by atoms with Crippen LogP contribution in [0.25, 0.3) is 6.08 Å². The van der Waals surface area contributed by atoms with Crippen LogP contribution in [0, 0.1) is 10.1 Å². The van der Waals surface area contributed by atoms with Crippen LogP contribution in [-0.2, 0) is 4.79 Å². The predicted octanol–water partition coefficient (Wildman–Crippen LogP) is 3.84. The molecule has 1 aromatic carbocycles. The molecule has 114 valence electrons. The number of benzene rings is 1. The highest BCUT2D eigenvalue weighted by Gasteiger charge is 2.12. The maximum Gasteiger partial charge on any atom is 0.433 e. The number of nitrogens with one attached hydrogen (secondary N) is 1. The summed E-state index contributed by atoms with van der Waals surface area (Å²) in [6, 6.07) is 10.1. The standard InChI is InChI=1S/C15H13BrN2O4/c1-10(12-4-2-3-5-13(12)16)17-14(19)8-6-11-7-9-15(22-11)18(20)21/h2-10H,1H3,(H,17,19)/b8-6+/t10-/m1/s1. The second-order valence-corrected chi connectivity index (χ2v) is 5.37. The average molecular weight is 365 g/mol. The number of nitro groups is 1. The van der Waals surface area contributed by atoms with Gasteiger partial charge in [0.25, 0.3) is 0 Å². The van der Waals surface area contributed by atoms with E-state index < -0.39 is 4.92 Å². The first-order valence-corrected chi connectivity index (χ1v) is 7.24. The van der Waals surface area contributed by atoms with Crippen molar-refractivity contribution < 1.29 is 14.1 Å². The molecular formula is C15H13BrN2O4. The van der Waals surface area contributed by atoms with Gasteiger partial charge in [0.2, 0.25) is 5.91 Å². The van der Waals surface area contributed by atoms with E-state index in [1.54, 1.807) is 0 Å². The average Bonchev–Trinajstić information content (AvgIpc) is 2.94. The van der Waals surface area contributed by atoms with Gasteiger partial charge in [-0.3, -0.25) is 14.9 Å². The summed E-state index contributed by atoms with van der Waals surface area (Å²) in [5.41, 5.74) is 0.956. The summed E-state index contributed by atoms with van der Waals surface area (Å²) in [6.45, 7) is 1.86. The minimum absolute atomic E-state index is 0.182. The first-order valence-electron chi connectivity index (χ1n) is 6.44. The number of hydrogen-bond acceptors (Lipinski definition) is 4. The van der Waals surface area contributed by atoms with E-state index in [1.807, 2.05) is 31.2 Å². The van der Waals surface area contributed by atoms with Crippen LogP contribution in [0.4, 0.5) is 5.88 Å². The maximum atomic E-state index is 11.9. The molecule has 0 spiro atoms.